The van der Waals surface area contributed by atoms with Gasteiger partial charge in [-0.25, -0.2) is 8.78 Å². The third-order valence-electron chi connectivity index (χ3n) is 3.42. The highest BCUT2D eigenvalue weighted by molar-refractivity contribution is 5.94. The molecule has 1 amide bonds. The minimum Gasteiger partial charge on any atom is -0.352 e. The molecule has 0 aliphatic carbocycles. The lowest BCUT2D eigenvalue weighted by molar-refractivity contribution is 0.0950. The molecule has 2 rings (SSSR count). The molecule has 0 spiro atoms. The molecule has 0 fully saturated rings. The standard InChI is InChI=1S/C17H17F2NO/c1-11-4-3-5-15(16(11)19)17(21)20-9-8-13-6-7-14(18)10-12(13)2/h3-7,10H,8-9H2,1-2H3,(H,20,21). The maximum absolute atomic E-state index is 13.8. The first-order chi connectivity index (χ1) is 9.99. The van der Waals surface area contributed by atoms with Gasteiger partial charge in [0, 0.05) is 6.54 Å². The third kappa shape index (κ3) is 3.66. The van der Waals surface area contributed by atoms with Crippen LogP contribution in [0.4, 0.5) is 8.78 Å². The first-order valence-corrected chi connectivity index (χ1v) is 6.77. The van der Waals surface area contributed by atoms with Crippen LogP contribution in [0, 0.1) is 25.5 Å². The van der Waals surface area contributed by atoms with Crippen molar-refractivity contribution in [1.82, 2.24) is 5.32 Å². The second-order valence-corrected chi connectivity index (χ2v) is 5.01. The lowest BCUT2D eigenvalue weighted by atomic mass is 10.1. The fourth-order valence-electron chi connectivity index (χ4n) is 2.17. The minimum absolute atomic E-state index is 0.0471. The van der Waals surface area contributed by atoms with E-state index in [4.69, 9.17) is 0 Å². The molecule has 0 atom stereocenters. The second kappa shape index (κ2) is 6.48. The van der Waals surface area contributed by atoms with Crippen molar-refractivity contribution in [2.75, 3.05) is 6.54 Å². The van der Waals surface area contributed by atoms with Crippen LogP contribution < -0.4 is 5.32 Å². The topological polar surface area (TPSA) is 29.1 Å². The van der Waals surface area contributed by atoms with E-state index in [9.17, 15) is 13.6 Å². The highest BCUT2D eigenvalue weighted by atomic mass is 19.1. The lowest BCUT2D eigenvalue weighted by Gasteiger charge is -2.09. The summed E-state index contributed by atoms with van der Waals surface area (Å²) < 4.78 is 26.8. The number of hydrogen-bond acceptors (Lipinski definition) is 1. The van der Waals surface area contributed by atoms with Gasteiger partial charge in [-0.2, -0.15) is 0 Å². The molecule has 110 valence electrons. The fraction of sp³-hybridized carbons (Fsp3) is 0.235. The van der Waals surface area contributed by atoms with E-state index in [-0.39, 0.29) is 11.4 Å². The Bertz CT molecular complexity index is 668. The van der Waals surface area contributed by atoms with Gasteiger partial charge < -0.3 is 5.32 Å². The summed E-state index contributed by atoms with van der Waals surface area (Å²) in [4.78, 5) is 11.9. The van der Waals surface area contributed by atoms with Gasteiger partial charge in [-0.3, -0.25) is 4.79 Å². The number of hydrogen-bond donors (Lipinski definition) is 1. The molecule has 0 saturated carbocycles. The summed E-state index contributed by atoms with van der Waals surface area (Å²) in [6.45, 7) is 3.81. The van der Waals surface area contributed by atoms with Gasteiger partial charge in [-0.05, 0) is 55.2 Å². The van der Waals surface area contributed by atoms with Crippen molar-refractivity contribution in [2.24, 2.45) is 0 Å². The van der Waals surface area contributed by atoms with Gasteiger partial charge in [-0.1, -0.05) is 18.2 Å². The van der Waals surface area contributed by atoms with E-state index in [0.29, 0.717) is 18.5 Å². The Morgan fingerprint density at radius 3 is 2.57 bits per heavy atom. The van der Waals surface area contributed by atoms with E-state index in [2.05, 4.69) is 5.32 Å². The summed E-state index contributed by atoms with van der Waals surface area (Å²) in [6, 6.07) is 9.28. The lowest BCUT2D eigenvalue weighted by Crippen LogP contribution is -2.26. The normalized spacial score (nSPS) is 10.5. The van der Waals surface area contributed by atoms with Crippen molar-refractivity contribution in [3.05, 3.63) is 70.3 Å². The Hall–Kier alpha value is -2.23. The summed E-state index contributed by atoms with van der Waals surface area (Å²) in [7, 11) is 0. The molecule has 2 aromatic carbocycles. The zero-order valence-electron chi connectivity index (χ0n) is 12.0. The molecule has 2 aromatic rings. The molecule has 1 N–H and O–H groups in total. The molecule has 0 aromatic heterocycles. The average molecular weight is 289 g/mol. The Balaban J connectivity index is 1.97. The Kier molecular flexibility index (Phi) is 4.68. The van der Waals surface area contributed by atoms with E-state index >= 15 is 0 Å². The van der Waals surface area contributed by atoms with Gasteiger partial charge in [0.15, 0.2) is 0 Å². The van der Waals surface area contributed by atoms with Crippen LogP contribution in [-0.4, -0.2) is 12.5 Å². The summed E-state index contributed by atoms with van der Waals surface area (Å²) in [5.41, 5.74) is 2.29. The van der Waals surface area contributed by atoms with Crippen molar-refractivity contribution in [3.8, 4) is 0 Å². The number of aryl methyl sites for hydroxylation is 2. The molecule has 21 heavy (non-hydrogen) atoms. The van der Waals surface area contributed by atoms with Gasteiger partial charge in [0.25, 0.3) is 5.91 Å². The fourth-order valence-corrected chi connectivity index (χ4v) is 2.17. The summed E-state index contributed by atoms with van der Waals surface area (Å²) in [5.74, 6) is -1.20. The van der Waals surface area contributed by atoms with E-state index in [1.807, 2.05) is 6.92 Å². The minimum atomic E-state index is -0.493. The van der Waals surface area contributed by atoms with Crippen LogP contribution in [0.2, 0.25) is 0 Å². The molecule has 0 heterocycles. The Morgan fingerprint density at radius 2 is 1.86 bits per heavy atom. The van der Waals surface area contributed by atoms with Crippen molar-refractivity contribution in [1.29, 1.82) is 0 Å². The second-order valence-electron chi connectivity index (χ2n) is 5.01. The molecule has 0 bridgehead atoms. The monoisotopic (exact) mass is 289 g/mol. The number of carbonyl (C=O) groups excluding carboxylic acids is 1. The number of nitrogens with one attached hydrogen (secondary N) is 1. The smallest absolute Gasteiger partial charge is 0.254 e. The summed E-state index contributed by atoms with van der Waals surface area (Å²) in [5, 5.41) is 2.68. The molecule has 0 aliphatic rings. The SMILES string of the molecule is Cc1cc(F)ccc1CCNC(=O)c1cccc(C)c1F. The third-order valence-corrected chi connectivity index (χ3v) is 3.42. The number of carbonyl (C=O) groups is 1. The van der Waals surface area contributed by atoms with Crippen molar-refractivity contribution >= 4 is 5.91 Å². The van der Waals surface area contributed by atoms with E-state index in [1.165, 1.54) is 18.2 Å². The van der Waals surface area contributed by atoms with Crippen LogP contribution >= 0.6 is 0 Å². The van der Waals surface area contributed by atoms with Gasteiger partial charge in [-0.15, -0.1) is 0 Å². The molecular weight excluding hydrogens is 272 g/mol. The zero-order valence-corrected chi connectivity index (χ0v) is 12.0. The van der Waals surface area contributed by atoms with Gasteiger partial charge >= 0.3 is 0 Å². The van der Waals surface area contributed by atoms with E-state index < -0.39 is 11.7 Å². The molecule has 4 heteroatoms. The zero-order chi connectivity index (χ0) is 15.4. The van der Waals surface area contributed by atoms with Crippen LogP contribution in [0.15, 0.2) is 36.4 Å². The van der Waals surface area contributed by atoms with Crippen LogP contribution in [0.1, 0.15) is 27.0 Å². The molecule has 0 saturated heterocycles. The largest absolute Gasteiger partial charge is 0.352 e. The van der Waals surface area contributed by atoms with Crippen molar-refractivity contribution in [2.45, 2.75) is 20.3 Å². The van der Waals surface area contributed by atoms with Gasteiger partial charge in [0.1, 0.15) is 11.6 Å². The molecule has 0 radical (unpaired) electrons. The van der Waals surface area contributed by atoms with E-state index in [1.54, 1.807) is 25.1 Å². The maximum Gasteiger partial charge on any atom is 0.254 e. The summed E-state index contributed by atoms with van der Waals surface area (Å²) >= 11 is 0. The van der Waals surface area contributed by atoms with Gasteiger partial charge in [0.2, 0.25) is 0 Å². The predicted octanol–water partition coefficient (Wildman–Crippen LogP) is 3.55. The predicted molar refractivity (Wildman–Crippen MR) is 78.3 cm³/mol. The Labute approximate surface area is 122 Å². The highest BCUT2D eigenvalue weighted by Gasteiger charge is 2.12. The quantitative estimate of drug-likeness (QED) is 0.916. The molecular formula is C17H17F2NO. The number of halogens is 2. The maximum atomic E-state index is 13.8. The number of benzene rings is 2. The van der Waals surface area contributed by atoms with Crippen LogP contribution in [0.5, 0.6) is 0 Å². The highest BCUT2D eigenvalue weighted by Crippen LogP contribution is 2.12. The summed E-state index contributed by atoms with van der Waals surface area (Å²) in [6.07, 6.45) is 0.575. The van der Waals surface area contributed by atoms with Crippen molar-refractivity contribution in [3.63, 3.8) is 0 Å². The molecule has 0 aliphatic heterocycles. The average Bonchev–Trinajstić information content (AvgIpc) is 2.44. The first kappa shape index (κ1) is 15.2. The Morgan fingerprint density at radius 1 is 1.10 bits per heavy atom. The van der Waals surface area contributed by atoms with Crippen molar-refractivity contribution < 1.29 is 13.6 Å². The first-order valence-electron chi connectivity index (χ1n) is 6.77. The molecule has 2 nitrogen and oxygen atoms in total. The van der Waals surface area contributed by atoms with E-state index in [0.717, 1.165) is 11.1 Å². The van der Waals surface area contributed by atoms with Crippen LogP contribution in [0.25, 0.3) is 0 Å². The van der Waals surface area contributed by atoms with Crippen LogP contribution in [-0.2, 0) is 6.42 Å². The molecule has 0 unspecified atom stereocenters. The number of amides is 1. The number of rotatable bonds is 4. The van der Waals surface area contributed by atoms with Crippen LogP contribution in [0.3, 0.4) is 0 Å². The van der Waals surface area contributed by atoms with Gasteiger partial charge in [0.05, 0.1) is 5.56 Å².